The molecule has 1 aliphatic heterocycles. The Labute approximate surface area is 196 Å². The Kier molecular flexibility index (Phi) is 6.02. The van der Waals surface area contributed by atoms with Gasteiger partial charge in [-0.25, -0.2) is 0 Å². The molecule has 0 bridgehead atoms. The van der Waals surface area contributed by atoms with E-state index in [0.29, 0.717) is 24.7 Å². The van der Waals surface area contributed by atoms with E-state index in [0.717, 1.165) is 24.9 Å². The highest BCUT2D eigenvalue weighted by Gasteiger charge is 2.58. The minimum absolute atomic E-state index is 0.0516. The van der Waals surface area contributed by atoms with Crippen molar-refractivity contribution in [2.24, 2.45) is 11.3 Å². The van der Waals surface area contributed by atoms with Gasteiger partial charge < -0.3 is 10.2 Å². The van der Waals surface area contributed by atoms with E-state index in [-0.39, 0.29) is 29.2 Å². The Balaban J connectivity index is 1.14. The first-order valence-electron chi connectivity index (χ1n) is 12.7. The molecule has 3 fully saturated rings. The lowest BCUT2D eigenvalue weighted by molar-refractivity contribution is -0.118. The van der Waals surface area contributed by atoms with Crippen molar-refractivity contribution in [2.75, 3.05) is 18.4 Å². The third-order valence-corrected chi connectivity index (χ3v) is 8.19. The van der Waals surface area contributed by atoms with Gasteiger partial charge in [0.2, 0.25) is 5.91 Å². The van der Waals surface area contributed by atoms with Crippen molar-refractivity contribution < 1.29 is 9.59 Å². The van der Waals surface area contributed by atoms with Gasteiger partial charge in [0, 0.05) is 36.9 Å². The topological polar surface area (TPSA) is 67.2 Å². The summed E-state index contributed by atoms with van der Waals surface area (Å²) in [5, 5.41) is 7.45. The average molecular weight is 449 g/mol. The molecular formula is C27H36N4O2. The fourth-order valence-corrected chi connectivity index (χ4v) is 5.99. The molecule has 2 amide bonds. The van der Waals surface area contributed by atoms with Crippen molar-refractivity contribution >= 4 is 17.5 Å². The number of piperidine rings is 1. The van der Waals surface area contributed by atoms with Crippen LogP contribution in [-0.2, 0) is 4.79 Å². The van der Waals surface area contributed by atoms with E-state index in [1.54, 1.807) is 16.9 Å². The first kappa shape index (κ1) is 22.2. The molecule has 2 aliphatic carbocycles. The van der Waals surface area contributed by atoms with Gasteiger partial charge in [0.05, 0.1) is 0 Å². The minimum Gasteiger partial charge on any atom is -0.337 e. The number of carbonyl (C=O) groups is 2. The number of nitrogens with one attached hydrogen (secondary N) is 1. The van der Waals surface area contributed by atoms with E-state index >= 15 is 0 Å². The van der Waals surface area contributed by atoms with Gasteiger partial charge >= 0.3 is 0 Å². The van der Waals surface area contributed by atoms with E-state index in [4.69, 9.17) is 0 Å². The number of likely N-dealkylation sites (tertiary alicyclic amines) is 1. The molecular weight excluding hydrogens is 412 g/mol. The highest BCUT2D eigenvalue weighted by atomic mass is 16.2. The zero-order valence-corrected chi connectivity index (χ0v) is 19.9. The van der Waals surface area contributed by atoms with Crippen LogP contribution in [0.2, 0.25) is 0 Å². The van der Waals surface area contributed by atoms with Gasteiger partial charge in [-0.05, 0) is 81.0 Å². The van der Waals surface area contributed by atoms with Crippen LogP contribution >= 0.6 is 0 Å². The maximum absolute atomic E-state index is 13.0. The maximum atomic E-state index is 13.0. The maximum Gasteiger partial charge on any atom is 0.272 e. The fraction of sp³-hybridized carbons (Fsp3) is 0.593. The summed E-state index contributed by atoms with van der Waals surface area (Å²) in [6.07, 6.45) is 11.0. The second kappa shape index (κ2) is 8.96. The Hall–Kier alpha value is -2.63. The molecule has 1 atom stereocenters. The summed E-state index contributed by atoms with van der Waals surface area (Å²) in [5.41, 5.74) is 3.03. The van der Waals surface area contributed by atoms with Gasteiger partial charge in [0.1, 0.15) is 5.69 Å². The molecule has 1 N–H and O–H groups in total. The third kappa shape index (κ3) is 4.44. The summed E-state index contributed by atoms with van der Waals surface area (Å²) in [7, 11) is 0. The van der Waals surface area contributed by atoms with Gasteiger partial charge in [-0.3, -0.25) is 14.3 Å². The molecule has 0 radical (unpaired) electrons. The minimum atomic E-state index is 0.0516. The van der Waals surface area contributed by atoms with Crippen molar-refractivity contribution in [1.29, 1.82) is 0 Å². The largest absolute Gasteiger partial charge is 0.337 e. The van der Waals surface area contributed by atoms with Gasteiger partial charge in [0.15, 0.2) is 0 Å². The van der Waals surface area contributed by atoms with Crippen LogP contribution in [0.25, 0.3) is 0 Å². The van der Waals surface area contributed by atoms with Crippen LogP contribution in [0.3, 0.4) is 0 Å². The van der Waals surface area contributed by atoms with E-state index in [1.165, 1.54) is 37.7 Å². The first-order chi connectivity index (χ1) is 16.0. The second-order valence-corrected chi connectivity index (χ2v) is 10.6. The molecule has 3 aliphatic rings. The number of aromatic nitrogens is 2. The van der Waals surface area contributed by atoms with Crippen LogP contribution in [0.15, 0.2) is 36.5 Å². The Morgan fingerprint density at radius 3 is 2.39 bits per heavy atom. The average Bonchev–Trinajstić information content (AvgIpc) is 3.30. The lowest BCUT2D eigenvalue weighted by Crippen LogP contribution is -2.41. The number of nitrogens with zero attached hydrogens (tertiary/aromatic N) is 3. The van der Waals surface area contributed by atoms with Crippen molar-refractivity contribution in [3.8, 4) is 0 Å². The standard InChI is InChI=1S/C27H36N4O2/c1-19(2)31-24(12-15-28-31)26(33)30-16-13-27(14-17-30)18-23(27)25(32)29-22-10-8-21(9-11-22)20-6-4-3-5-7-20/h8-12,15,19-20,23H,3-7,13-14,16-18H2,1-2H3,(H,29,32). The summed E-state index contributed by atoms with van der Waals surface area (Å²) < 4.78 is 1.79. The van der Waals surface area contributed by atoms with Crippen LogP contribution in [0, 0.1) is 11.3 Å². The van der Waals surface area contributed by atoms with Crippen molar-refractivity contribution in [1.82, 2.24) is 14.7 Å². The number of benzene rings is 1. The van der Waals surface area contributed by atoms with Crippen LogP contribution in [-0.4, -0.2) is 39.6 Å². The molecule has 6 nitrogen and oxygen atoms in total. The summed E-state index contributed by atoms with van der Waals surface area (Å²) in [6, 6.07) is 10.5. The van der Waals surface area contributed by atoms with Crippen molar-refractivity contribution in [3.63, 3.8) is 0 Å². The van der Waals surface area contributed by atoms with E-state index in [2.05, 4.69) is 34.7 Å². The van der Waals surface area contributed by atoms with Crippen LogP contribution < -0.4 is 5.32 Å². The molecule has 1 aromatic heterocycles. The number of rotatable bonds is 5. The highest BCUT2D eigenvalue weighted by Crippen LogP contribution is 2.59. The van der Waals surface area contributed by atoms with Crippen molar-refractivity contribution in [3.05, 3.63) is 47.8 Å². The van der Waals surface area contributed by atoms with Gasteiger partial charge in [-0.1, -0.05) is 31.4 Å². The molecule has 33 heavy (non-hydrogen) atoms. The molecule has 5 rings (SSSR count). The summed E-state index contributed by atoms with van der Waals surface area (Å²) >= 11 is 0. The molecule has 2 saturated carbocycles. The predicted molar refractivity (Wildman–Crippen MR) is 129 cm³/mol. The summed E-state index contributed by atoms with van der Waals surface area (Å²) in [5.74, 6) is 0.935. The molecule has 1 spiro atoms. The Morgan fingerprint density at radius 2 is 1.73 bits per heavy atom. The number of hydrogen-bond donors (Lipinski definition) is 1. The van der Waals surface area contributed by atoms with E-state index < -0.39 is 0 Å². The fourth-order valence-electron chi connectivity index (χ4n) is 5.99. The highest BCUT2D eigenvalue weighted by molar-refractivity contribution is 5.95. The van der Waals surface area contributed by atoms with Gasteiger partial charge in [-0.15, -0.1) is 0 Å². The first-order valence-corrected chi connectivity index (χ1v) is 12.7. The van der Waals surface area contributed by atoms with E-state index in [9.17, 15) is 9.59 Å². The van der Waals surface area contributed by atoms with E-state index in [1.807, 2.05) is 18.7 Å². The van der Waals surface area contributed by atoms with Crippen LogP contribution in [0.4, 0.5) is 5.69 Å². The zero-order chi connectivity index (χ0) is 23.0. The number of carbonyl (C=O) groups excluding carboxylic acids is 2. The lowest BCUT2D eigenvalue weighted by atomic mass is 9.84. The third-order valence-electron chi connectivity index (χ3n) is 8.19. The SMILES string of the molecule is CC(C)n1nccc1C(=O)N1CCC2(CC1)CC2C(=O)Nc1ccc(C2CCCCC2)cc1. The second-order valence-electron chi connectivity index (χ2n) is 10.6. The monoisotopic (exact) mass is 448 g/mol. The predicted octanol–water partition coefficient (Wildman–Crippen LogP) is 5.39. The quantitative estimate of drug-likeness (QED) is 0.667. The molecule has 1 saturated heterocycles. The smallest absolute Gasteiger partial charge is 0.272 e. The number of hydrogen-bond acceptors (Lipinski definition) is 3. The zero-order valence-electron chi connectivity index (χ0n) is 19.9. The molecule has 1 aromatic carbocycles. The van der Waals surface area contributed by atoms with Gasteiger partial charge in [0.25, 0.3) is 5.91 Å². The molecule has 2 heterocycles. The number of anilines is 1. The van der Waals surface area contributed by atoms with Crippen molar-refractivity contribution in [2.45, 2.75) is 77.2 Å². The van der Waals surface area contributed by atoms with Crippen LogP contribution in [0.5, 0.6) is 0 Å². The Bertz CT molecular complexity index is 995. The number of amides is 2. The molecule has 2 aromatic rings. The van der Waals surface area contributed by atoms with Gasteiger partial charge in [-0.2, -0.15) is 5.10 Å². The normalized spacial score (nSPS) is 22.5. The lowest BCUT2D eigenvalue weighted by Gasteiger charge is -2.33. The Morgan fingerprint density at radius 1 is 1.03 bits per heavy atom. The molecule has 6 heteroatoms. The summed E-state index contributed by atoms with van der Waals surface area (Å²) in [6.45, 7) is 5.49. The van der Waals surface area contributed by atoms with Crippen LogP contribution in [0.1, 0.15) is 93.2 Å². The molecule has 176 valence electrons. The summed E-state index contributed by atoms with van der Waals surface area (Å²) in [4.78, 5) is 27.9. The molecule has 1 unspecified atom stereocenters.